The van der Waals surface area contributed by atoms with Crippen molar-refractivity contribution in [2.45, 2.75) is 37.9 Å². The minimum absolute atomic E-state index is 0.00687. The van der Waals surface area contributed by atoms with Crippen LogP contribution in [-0.4, -0.2) is 18.1 Å². The Kier molecular flexibility index (Phi) is 4.39. The second-order valence-corrected chi connectivity index (χ2v) is 5.24. The van der Waals surface area contributed by atoms with Gasteiger partial charge in [-0.05, 0) is 31.0 Å². The lowest BCUT2D eigenvalue weighted by molar-refractivity contribution is -0.187. The van der Waals surface area contributed by atoms with Crippen molar-refractivity contribution in [2.75, 3.05) is 5.73 Å². The lowest BCUT2D eigenvalue weighted by Gasteiger charge is -2.33. The van der Waals surface area contributed by atoms with Gasteiger partial charge in [0.15, 0.2) is 0 Å². The fraction of sp³-hybridized carbons (Fsp3) is 0.500. The molecule has 0 aromatic heterocycles. The Balaban J connectivity index is 2.15. The highest BCUT2D eigenvalue weighted by molar-refractivity contribution is 5.99. The van der Waals surface area contributed by atoms with Crippen molar-refractivity contribution in [3.8, 4) is 0 Å². The highest BCUT2D eigenvalue weighted by atomic mass is 19.4. The van der Waals surface area contributed by atoms with Crippen LogP contribution in [-0.2, 0) is 0 Å². The van der Waals surface area contributed by atoms with Gasteiger partial charge in [0.1, 0.15) is 5.82 Å². The van der Waals surface area contributed by atoms with Crippen LogP contribution in [0.5, 0.6) is 0 Å². The van der Waals surface area contributed by atoms with E-state index >= 15 is 0 Å². The van der Waals surface area contributed by atoms with Crippen molar-refractivity contribution >= 4 is 11.6 Å². The number of nitrogens with two attached hydrogens (primary N) is 1. The molecule has 1 aromatic carbocycles. The standard InChI is InChI=1S/C14H16F4N2O/c15-8-5-6-11(19)9(7-8)13(21)20-12-4-2-1-3-10(12)14(16,17)18/h5-7,10,12H,1-4,19H2,(H,20,21). The third-order valence-electron chi connectivity index (χ3n) is 3.76. The molecule has 0 radical (unpaired) electrons. The lowest BCUT2D eigenvalue weighted by atomic mass is 9.84. The van der Waals surface area contributed by atoms with Gasteiger partial charge in [-0.2, -0.15) is 13.2 Å². The lowest BCUT2D eigenvalue weighted by Crippen LogP contribution is -2.47. The van der Waals surface area contributed by atoms with Gasteiger partial charge in [-0.1, -0.05) is 12.8 Å². The molecule has 1 aromatic rings. The number of hydrogen-bond donors (Lipinski definition) is 2. The van der Waals surface area contributed by atoms with E-state index in [0.717, 1.165) is 12.1 Å². The van der Waals surface area contributed by atoms with Gasteiger partial charge < -0.3 is 11.1 Å². The number of carbonyl (C=O) groups excluding carboxylic acids is 1. The number of nitrogens with one attached hydrogen (secondary N) is 1. The molecule has 2 unspecified atom stereocenters. The predicted octanol–water partition coefficient (Wildman–Crippen LogP) is 3.26. The first-order valence-electron chi connectivity index (χ1n) is 6.71. The van der Waals surface area contributed by atoms with Crippen molar-refractivity contribution < 1.29 is 22.4 Å². The maximum Gasteiger partial charge on any atom is 0.393 e. The molecule has 0 spiro atoms. The maximum absolute atomic E-state index is 13.1. The van der Waals surface area contributed by atoms with E-state index in [1.165, 1.54) is 6.07 Å². The van der Waals surface area contributed by atoms with E-state index in [-0.39, 0.29) is 24.1 Å². The molecule has 1 amide bonds. The van der Waals surface area contributed by atoms with Crippen molar-refractivity contribution in [3.05, 3.63) is 29.6 Å². The molecule has 7 heteroatoms. The summed E-state index contributed by atoms with van der Waals surface area (Å²) in [5.74, 6) is -3.00. The van der Waals surface area contributed by atoms with Gasteiger partial charge in [0.05, 0.1) is 11.5 Å². The van der Waals surface area contributed by atoms with Crippen molar-refractivity contribution in [2.24, 2.45) is 5.92 Å². The fourth-order valence-corrected chi connectivity index (χ4v) is 2.67. The van der Waals surface area contributed by atoms with Crippen LogP contribution in [0, 0.1) is 11.7 Å². The van der Waals surface area contributed by atoms with Gasteiger partial charge >= 0.3 is 6.18 Å². The Bertz CT molecular complexity index is 530. The van der Waals surface area contributed by atoms with Gasteiger partial charge in [0.2, 0.25) is 0 Å². The zero-order valence-corrected chi connectivity index (χ0v) is 11.2. The Labute approximate surface area is 119 Å². The summed E-state index contributed by atoms with van der Waals surface area (Å²) >= 11 is 0. The molecule has 1 aliphatic rings. The Morgan fingerprint density at radius 1 is 1.24 bits per heavy atom. The van der Waals surface area contributed by atoms with Crippen LogP contribution in [0.3, 0.4) is 0 Å². The number of alkyl halides is 3. The van der Waals surface area contributed by atoms with E-state index in [9.17, 15) is 22.4 Å². The molecule has 116 valence electrons. The van der Waals surface area contributed by atoms with Gasteiger partial charge in [-0.15, -0.1) is 0 Å². The molecule has 2 atom stereocenters. The molecule has 0 heterocycles. The molecule has 1 saturated carbocycles. The number of benzene rings is 1. The van der Waals surface area contributed by atoms with E-state index in [4.69, 9.17) is 5.73 Å². The predicted molar refractivity (Wildman–Crippen MR) is 70.1 cm³/mol. The second-order valence-electron chi connectivity index (χ2n) is 5.24. The van der Waals surface area contributed by atoms with Crippen LogP contribution in [0.2, 0.25) is 0 Å². The molecular weight excluding hydrogens is 288 g/mol. The molecule has 0 bridgehead atoms. The van der Waals surface area contributed by atoms with Gasteiger partial charge in [0.25, 0.3) is 5.91 Å². The topological polar surface area (TPSA) is 55.1 Å². The summed E-state index contributed by atoms with van der Waals surface area (Å²) in [6, 6.07) is 2.24. The number of anilines is 1. The smallest absolute Gasteiger partial charge is 0.393 e. The highest BCUT2D eigenvalue weighted by Crippen LogP contribution is 2.37. The minimum atomic E-state index is -4.36. The molecule has 0 aliphatic heterocycles. The van der Waals surface area contributed by atoms with Gasteiger partial charge in [-0.3, -0.25) is 4.79 Å². The molecular formula is C14H16F4N2O. The zero-order chi connectivity index (χ0) is 15.6. The van der Waals surface area contributed by atoms with Crippen LogP contribution >= 0.6 is 0 Å². The number of rotatable bonds is 2. The summed E-state index contributed by atoms with van der Waals surface area (Å²) in [7, 11) is 0. The van der Waals surface area contributed by atoms with Crippen LogP contribution in [0.4, 0.5) is 23.2 Å². The molecule has 2 rings (SSSR count). The first-order valence-corrected chi connectivity index (χ1v) is 6.71. The molecule has 21 heavy (non-hydrogen) atoms. The highest BCUT2D eigenvalue weighted by Gasteiger charge is 2.46. The molecule has 3 N–H and O–H groups in total. The summed E-state index contributed by atoms with van der Waals surface area (Å²) in [6.07, 6.45) is -3.00. The normalized spacial score (nSPS) is 22.9. The van der Waals surface area contributed by atoms with E-state index < -0.39 is 29.9 Å². The van der Waals surface area contributed by atoms with Gasteiger partial charge in [-0.25, -0.2) is 4.39 Å². The van der Waals surface area contributed by atoms with E-state index in [1.54, 1.807) is 0 Å². The maximum atomic E-state index is 13.1. The van der Waals surface area contributed by atoms with Crippen LogP contribution in [0.1, 0.15) is 36.0 Å². The summed E-state index contributed by atoms with van der Waals surface area (Å²) in [6.45, 7) is 0. The number of hydrogen-bond acceptors (Lipinski definition) is 2. The average molecular weight is 304 g/mol. The Hall–Kier alpha value is -1.79. The summed E-state index contributed by atoms with van der Waals surface area (Å²) in [4.78, 5) is 12.0. The summed E-state index contributed by atoms with van der Waals surface area (Å²) in [5.41, 5.74) is 5.46. The largest absolute Gasteiger partial charge is 0.398 e. The summed E-state index contributed by atoms with van der Waals surface area (Å²) in [5, 5.41) is 2.35. The van der Waals surface area contributed by atoms with E-state index in [1.807, 2.05) is 0 Å². The van der Waals surface area contributed by atoms with Gasteiger partial charge in [0, 0.05) is 11.7 Å². The van der Waals surface area contributed by atoms with Crippen molar-refractivity contribution in [1.82, 2.24) is 5.32 Å². The Morgan fingerprint density at radius 3 is 2.57 bits per heavy atom. The first-order chi connectivity index (χ1) is 9.79. The van der Waals surface area contributed by atoms with Crippen LogP contribution in [0.15, 0.2) is 18.2 Å². The van der Waals surface area contributed by atoms with Crippen LogP contribution in [0.25, 0.3) is 0 Å². The average Bonchev–Trinajstić information content (AvgIpc) is 2.41. The van der Waals surface area contributed by atoms with Crippen LogP contribution < -0.4 is 11.1 Å². The summed E-state index contributed by atoms with van der Waals surface area (Å²) < 4.78 is 52.0. The molecule has 1 fully saturated rings. The first kappa shape index (κ1) is 15.6. The quantitative estimate of drug-likeness (QED) is 0.651. The third-order valence-corrected chi connectivity index (χ3v) is 3.76. The molecule has 0 saturated heterocycles. The monoisotopic (exact) mass is 304 g/mol. The van der Waals surface area contributed by atoms with E-state index in [0.29, 0.717) is 12.8 Å². The SMILES string of the molecule is Nc1ccc(F)cc1C(=O)NC1CCCCC1C(F)(F)F. The van der Waals surface area contributed by atoms with Crippen molar-refractivity contribution in [3.63, 3.8) is 0 Å². The third kappa shape index (κ3) is 3.65. The molecule has 1 aliphatic carbocycles. The molecule has 3 nitrogen and oxygen atoms in total. The second kappa shape index (κ2) is 5.91. The number of halogens is 4. The Morgan fingerprint density at radius 2 is 1.90 bits per heavy atom. The fourth-order valence-electron chi connectivity index (χ4n) is 2.67. The number of amides is 1. The van der Waals surface area contributed by atoms with Crippen molar-refractivity contribution in [1.29, 1.82) is 0 Å². The number of carbonyl (C=O) groups is 1. The number of nitrogen functional groups attached to an aromatic ring is 1. The zero-order valence-electron chi connectivity index (χ0n) is 11.2. The van der Waals surface area contributed by atoms with E-state index in [2.05, 4.69) is 5.32 Å². The minimum Gasteiger partial charge on any atom is -0.398 e.